The Bertz CT molecular complexity index is 1510. The third kappa shape index (κ3) is 8.69. The number of thioether (sulfide) groups is 1. The number of benzene rings is 2. The number of hydrogen-bond donors (Lipinski definition) is 2. The lowest BCUT2D eigenvalue weighted by atomic mass is 9.92. The van der Waals surface area contributed by atoms with Gasteiger partial charge in [0.15, 0.2) is 0 Å². The maximum absolute atomic E-state index is 15.4. The first-order chi connectivity index (χ1) is 23.6. The molecule has 0 aliphatic carbocycles. The molecule has 2 aromatic carbocycles. The fourth-order valence-electron chi connectivity index (χ4n) is 7.20. The van der Waals surface area contributed by atoms with Crippen molar-refractivity contribution in [3.63, 3.8) is 0 Å². The number of urea groups is 1. The molecule has 0 spiro atoms. The van der Waals surface area contributed by atoms with E-state index in [1.54, 1.807) is 6.07 Å². The Balaban J connectivity index is 0.00000243. The Morgan fingerprint density at radius 2 is 1.78 bits per heavy atom. The molecule has 0 radical (unpaired) electrons. The zero-order valence-electron chi connectivity index (χ0n) is 29.1. The fraction of sp³-hybridized carbons (Fsp3) is 0.595. The summed E-state index contributed by atoms with van der Waals surface area (Å²) in [4.78, 5) is 48.7. The van der Waals surface area contributed by atoms with Crippen LogP contribution in [-0.2, 0) is 20.7 Å². The van der Waals surface area contributed by atoms with Crippen LogP contribution in [0.2, 0.25) is 0 Å². The molecule has 49 heavy (non-hydrogen) atoms. The summed E-state index contributed by atoms with van der Waals surface area (Å²) in [6.45, 7) is 13.2. The molecule has 10 nitrogen and oxygen atoms in total. The number of carbonyl (C=O) groups is 3. The zero-order chi connectivity index (χ0) is 34.5. The number of hydrogen-bond acceptors (Lipinski definition) is 7. The molecule has 4 heterocycles. The SMILES string of the molecule is CC(C)(C)CCN1C(=O)[C@@H](CC(=O)N2CCC(N3CCc4ccccc4NC3=O)CC2)SC1c1cccc(F)c1NCCN1CCOCC1.[HH].[HH].[HH]. The highest BCUT2D eigenvalue weighted by Gasteiger charge is 2.44. The third-order valence-electron chi connectivity index (χ3n) is 10.1. The van der Waals surface area contributed by atoms with Crippen LogP contribution >= 0.6 is 11.8 Å². The van der Waals surface area contributed by atoms with Gasteiger partial charge in [0.05, 0.1) is 24.2 Å². The predicted molar refractivity (Wildman–Crippen MR) is 198 cm³/mol. The number of piperidine rings is 1. The van der Waals surface area contributed by atoms with E-state index in [1.165, 1.54) is 17.8 Å². The van der Waals surface area contributed by atoms with E-state index in [0.29, 0.717) is 64.5 Å². The van der Waals surface area contributed by atoms with Gasteiger partial charge in [-0.25, -0.2) is 9.18 Å². The van der Waals surface area contributed by atoms with E-state index in [1.807, 2.05) is 39.0 Å². The van der Waals surface area contributed by atoms with E-state index < -0.39 is 10.6 Å². The highest BCUT2D eigenvalue weighted by Crippen LogP contribution is 2.47. The number of amides is 4. The average molecular weight is 701 g/mol. The van der Waals surface area contributed by atoms with Crippen LogP contribution in [0.5, 0.6) is 0 Å². The van der Waals surface area contributed by atoms with Crippen LogP contribution in [0.1, 0.15) is 67.2 Å². The molecule has 2 N–H and O–H groups in total. The topological polar surface area (TPSA) is 97.5 Å². The monoisotopic (exact) mass is 700 g/mol. The molecule has 1 unspecified atom stereocenters. The second kappa shape index (κ2) is 15.7. The lowest BCUT2D eigenvalue weighted by Crippen LogP contribution is -2.50. The molecule has 0 bridgehead atoms. The lowest BCUT2D eigenvalue weighted by Gasteiger charge is -2.38. The van der Waals surface area contributed by atoms with Gasteiger partial charge in [-0.1, -0.05) is 51.1 Å². The number of halogens is 1. The van der Waals surface area contributed by atoms with Crippen LogP contribution in [0, 0.1) is 11.2 Å². The van der Waals surface area contributed by atoms with E-state index in [9.17, 15) is 14.4 Å². The van der Waals surface area contributed by atoms with Gasteiger partial charge >= 0.3 is 6.03 Å². The van der Waals surface area contributed by atoms with Crippen molar-refractivity contribution in [2.24, 2.45) is 5.41 Å². The first kappa shape index (κ1) is 35.5. The normalized spacial score (nSPS) is 22.6. The maximum Gasteiger partial charge on any atom is 0.322 e. The van der Waals surface area contributed by atoms with Crippen molar-refractivity contribution in [2.45, 2.75) is 69.5 Å². The standard InChI is InChI=1S/C37H51FN6O4S.3H2/c1-37(2,3)14-19-44-34(46)31(49-35(44)28-8-6-9-29(38)33(28)39-15-20-41-21-23-48-24-22-41)25-32(45)42-16-12-27(13-17-42)43-18-11-26-7-4-5-10-30(26)40-36(43)47;;;/h4-10,27,31,35,39H,11-25H2,1-3H3,(H,40,47);3*1H/t31-,35?;;;/m1.../s1. The molecule has 0 aromatic heterocycles. The molecule has 3 saturated heterocycles. The molecular formula is C37H57FN6O4S. The zero-order valence-corrected chi connectivity index (χ0v) is 29.9. The molecule has 12 heteroatoms. The number of nitrogens with one attached hydrogen (secondary N) is 2. The minimum atomic E-state index is -0.547. The lowest BCUT2D eigenvalue weighted by molar-refractivity contribution is -0.137. The van der Waals surface area contributed by atoms with E-state index in [0.717, 1.165) is 49.3 Å². The third-order valence-corrected chi connectivity index (χ3v) is 11.6. The first-order valence-corrected chi connectivity index (χ1v) is 18.7. The number of morpholine rings is 1. The highest BCUT2D eigenvalue weighted by atomic mass is 32.2. The largest absolute Gasteiger partial charge is 0.381 e. The van der Waals surface area contributed by atoms with E-state index in [2.05, 4.69) is 42.4 Å². The van der Waals surface area contributed by atoms with Gasteiger partial charge in [0.25, 0.3) is 0 Å². The van der Waals surface area contributed by atoms with E-state index >= 15 is 4.39 Å². The molecule has 2 aromatic rings. The number of ether oxygens (including phenoxy) is 1. The molecule has 0 saturated carbocycles. The summed E-state index contributed by atoms with van der Waals surface area (Å²) in [7, 11) is 0. The summed E-state index contributed by atoms with van der Waals surface area (Å²) < 4.78 is 20.9. The van der Waals surface area contributed by atoms with Crippen LogP contribution in [0.25, 0.3) is 0 Å². The Morgan fingerprint density at radius 1 is 1.02 bits per heavy atom. The van der Waals surface area contributed by atoms with E-state index in [-0.39, 0.29) is 45.8 Å². The van der Waals surface area contributed by atoms with Gasteiger partial charge in [-0.05, 0) is 48.8 Å². The average Bonchev–Trinajstić information content (AvgIpc) is 3.28. The number of likely N-dealkylation sites (tertiary alicyclic amines) is 1. The van der Waals surface area contributed by atoms with Crippen LogP contribution in [0.3, 0.4) is 0 Å². The number of carbonyl (C=O) groups excluding carboxylic acids is 3. The second-order valence-corrected chi connectivity index (χ2v) is 16.0. The molecule has 4 aliphatic rings. The number of rotatable bonds is 10. The van der Waals surface area contributed by atoms with Crippen molar-refractivity contribution in [1.82, 2.24) is 19.6 Å². The number of nitrogens with zero attached hydrogens (tertiary/aromatic N) is 4. The Hall–Kier alpha value is -3.35. The number of fused-ring (bicyclic) bond motifs is 1. The van der Waals surface area contributed by atoms with Gasteiger partial charge in [0.1, 0.15) is 11.2 Å². The van der Waals surface area contributed by atoms with Gasteiger partial charge in [-0.15, -0.1) is 11.8 Å². The summed E-state index contributed by atoms with van der Waals surface area (Å²) >= 11 is 1.46. The molecular weight excluding hydrogens is 644 g/mol. The molecule has 6 rings (SSSR count). The minimum Gasteiger partial charge on any atom is -0.381 e. The van der Waals surface area contributed by atoms with Crippen LogP contribution < -0.4 is 10.6 Å². The smallest absolute Gasteiger partial charge is 0.322 e. The molecule has 3 fully saturated rings. The van der Waals surface area contributed by atoms with E-state index in [4.69, 9.17) is 4.74 Å². The number of anilines is 2. The summed E-state index contributed by atoms with van der Waals surface area (Å²) in [6.07, 6.45) is 3.08. The first-order valence-electron chi connectivity index (χ1n) is 17.8. The summed E-state index contributed by atoms with van der Waals surface area (Å²) in [5, 5.41) is 5.46. The summed E-state index contributed by atoms with van der Waals surface area (Å²) in [5.41, 5.74) is 3.17. The van der Waals surface area contributed by atoms with Crippen molar-refractivity contribution in [3.05, 3.63) is 59.4 Å². The van der Waals surface area contributed by atoms with Crippen molar-refractivity contribution in [2.75, 3.05) is 76.2 Å². The van der Waals surface area contributed by atoms with Crippen LogP contribution in [-0.4, -0.2) is 114 Å². The van der Waals surface area contributed by atoms with Crippen molar-refractivity contribution in [3.8, 4) is 0 Å². The quantitative estimate of drug-likeness (QED) is 0.307. The Labute approximate surface area is 298 Å². The number of para-hydroxylation sites is 2. The Kier molecular flexibility index (Phi) is 11.4. The second-order valence-electron chi connectivity index (χ2n) is 14.8. The molecule has 2 atom stereocenters. The van der Waals surface area contributed by atoms with Crippen LogP contribution in [0.4, 0.5) is 20.6 Å². The van der Waals surface area contributed by atoms with Crippen molar-refractivity contribution in [1.29, 1.82) is 0 Å². The van der Waals surface area contributed by atoms with Gasteiger partial charge in [-0.2, -0.15) is 0 Å². The predicted octanol–water partition coefficient (Wildman–Crippen LogP) is 6.16. The van der Waals surface area contributed by atoms with Crippen molar-refractivity contribution >= 4 is 41.0 Å². The van der Waals surface area contributed by atoms with Gasteiger partial charge in [-0.3, -0.25) is 14.5 Å². The molecule has 272 valence electrons. The fourth-order valence-corrected chi connectivity index (χ4v) is 8.70. The summed E-state index contributed by atoms with van der Waals surface area (Å²) in [6, 6.07) is 12.9. The van der Waals surface area contributed by atoms with Crippen molar-refractivity contribution < 1.29 is 27.8 Å². The highest BCUT2D eigenvalue weighted by molar-refractivity contribution is 8.01. The summed E-state index contributed by atoms with van der Waals surface area (Å²) in [5.74, 6) is -0.448. The minimum absolute atomic E-state index is 0. The molecule has 4 amide bonds. The Morgan fingerprint density at radius 3 is 2.53 bits per heavy atom. The van der Waals surface area contributed by atoms with Gasteiger partial charge in [0, 0.05) is 80.4 Å². The maximum atomic E-state index is 15.4. The van der Waals surface area contributed by atoms with Crippen LogP contribution in [0.15, 0.2) is 42.5 Å². The molecule has 4 aliphatic heterocycles. The van der Waals surface area contributed by atoms with Gasteiger partial charge < -0.3 is 30.1 Å². The van der Waals surface area contributed by atoms with Gasteiger partial charge in [0.2, 0.25) is 11.8 Å².